The highest BCUT2D eigenvalue weighted by Gasteiger charge is 2.05. The Balaban J connectivity index is 0.000000371. The van der Waals surface area contributed by atoms with Crippen molar-refractivity contribution in [2.75, 3.05) is 31.1 Å². The molecule has 0 N–H and O–H groups in total. The largest absolute Gasteiger partial charge is 0.302 e. The fourth-order valence-corrected chi connectivity index (χ4v) is 1.90. The zero-order valence-corrected chi connectivity index (χ0v) is 8.21. The van der Waals surface area contributed by atoms with Crippen molar-refractivity contribution in [3.05, 3.63) is 0 Å². The molecule has 1 rings (SSSR count). The molecular weight excluding hydrogens is 142 g/mol. The first kappa shape index (κ1) is 10.3. The highest BCUT2D eigenvalue weighted by molar-refractivity contribution is 7.99. The summed E-state index contributed by atoms with van der Waals surface area (Å²) in [7, 11) is 0. The number of rotatable bonds is 1. The molecule has 0 unspecified atom stereocenters. The molecule has 0 saturated carbocycles. The minimum absolute atomic E-state index is 1.24. The number of nitrogens with zero attached hydrogens (tertiary/aromatic N) is 1. The third-order valence-electron chi connectivity index (χ3n) is 1.55. The van der Waals surface area contributed by atoms with Crippen LogP contribution in [-0.4, -0.2) is 36.0 Å². The Kier molecular flexibility index (Phi) is 7.65. The van der Waals surface area contributed by atoms with E-state index in [1.165, 1.54) is 31.1 Å². The summed E-state index contributed by atoms with van der Waals surface area (Å²) in [5.74, 6) is 2.68. The molecule has 0 aromatic carbocycles. The van der Waals surface area contributed by atoms with Gasteiger partial charge in [0.15, 0.2) is 0 Å². The summed E-state index contributed by atoms with van der Waals surface area (Å²) < 4.78 is 0. The van der Waals surface area contributed by atoms with Crippen LogP contribution in [0.1, 0.15) is 20.8 Å². The maximum Gasteiger partial charge on any atom is 0.00726 e. The summed E-state index contributed by atoms with van der Waals surface area (Å²) in [5.41, 5.74) is 0. The molecule has 0 aromatic rings. The highest BCUT2D eigenvalue weighted by Crippen LogP contribution is 2.07. The van der Waals surface area contributed by atoms with Crippen molar-refractivity contribution in [2.24, 2.45) is 0 Å². The predicted molar refractivity (Wildman–Crippen MR) is 50.8 cm³/mol. The summed E-state index contributed by atoms with van der Waals surface area (Å²) in [6.45, 7) is 10.1. The van der Waals surface area contributed by atoms with Gasteiger partial charge in [0.25, 0.3) is 0 Å². The van der Waals surface area contributed by atoms with Crippen LogP contribution in [0.2, 0.25) is 0 Å². The lowest BCUT2D eigenvalue weighted by atomic mass is 10.5. The molecule has 1 fully saturated rings. The third kappa shape index (κ3) is 4.18. The predicted octanol–water partition coefficient (Wildman–Crippen LogP) is 2.08. The van der Waals surface area contributed by atoms with Crippen LogP contribution in [0.15, 0.2) is 0 Å². The summed E-state index contributed by atoms with van der Waals surface area (Å²) in [6.07, 6.45) is 0. The Labute approximate surface area is 69.2 Å². The Morgan fingerprint density at radius 3 is 2.00 bits per heavy atom. The summed E-state index contributed by atoms with van der Waals surface area (Å²) in [6, 6.07) is 0. The molecule has 1 nitrogen and oxygen atoms in total. The second-order valence-corrected chi connectivity index (χ2v) is 3.27. The molecule has 0 aromatic heterocycles. The van der Waals surface area contributed by atoms with Crippen LogP contribution in [0.3, 0.4) is 0 Å². The van der Waals surface area contributed by atoms with Crippen LogP contribution >= 0.6 is 11.8 Å². The smallest absolute Gasteiger partial charge is 0.00726 e. The van der Waals surface area contributed by atoms with E-state index >= 15 is 0 Å². The molecule has 0 radical (unpaired) electrons. The molecule has 1 aliphatic heterocycles. The van der Waals surface area contributed by atoms with Gasteiger partial charge in [-0.1, -0.05) is 20.8 Å². The molecule has 0 amide bonds. The fraction of sp³-hybridized carbons (Fsp3) is 1.00. The maximum atomic E-state index is 2.50. The SMILES string of the molecule is CC.CCN1CCSCC1. The first-order chi connectivity index (χ1) is 4.93. The molecule has 0 spiro atoms. The molecule has 0 atom stereocenters. The van der Waals surface area contributed by atoms with Crippen LogP contribution in [0, 0.1) is 0 Å². The van der Waals surface area contributed by atoms with Gasteiger partial charge >= 0.3 is 0 Å². The normalized spacial score (nSPS) is 19.5. The van der Waals surface area contributed by atoms with Gasteiger partial charge in [0.1, 0.15) is 0 Å². The lowest BCUT2D eigenvalue weighted by Crippen LogP contribution is -2.31. The zero-order chi connectivity index (χ0) is 7.82. The maximum absolute atomic E-state index is 2.50. The van der Waals surface area contributed by atoms with Gasteiger partial charge < -0.3 is 4.90 Å². The Morgan fingerprint density at radius 1 is 1.20 bits per heavy atom. The fourth-order valence-electron chi connectivity index (χ4n) is 0.917. The van der Waals surface area contributed by atoms with Crippen LogP contribution in [0.4, 0.5) is 0 Å². The van der Waals surface area contributed by atoms with Crippen molar-refractivity contribution in [1.29, 1.82) is 0 Å². The molecule has 1 heterocycles. The average molecular weight is 161 g/mol. The molecular formula is C8H19NS. The zero-order valence-electron chi connectivity index (χ0n) is 7.39. The van der Waals surface area contributed by atoms with Crippen molar-refractivity contribution < 1.29 is 0 Å². The summed E-state index contributed by atoms with van der Waals surface area (Å²) >= 11 is 2.07. The van der Waals surface area contributed by atoms with Gasteiger partial charge in [-0.15, -0.1) is 0 Å². The second-order valence-electron chi connectivity index (χ2n) is 2.05. The van der Waals surface area contributed by atoms with E-state index in [9.17, 15) is 0 Å². The van der Waals surface area contributed by atoms with Crippen molar-refractivity contribution in [2.45, 2.75) is 20.8 Å². The molecule has 62 valence electrons. The average Bonchev–Trinajstić information content (AvgIpc) is 2.10. The Hall–Kier alpha value is 0.310. The van der Waals surface area contributed by atoms with Crippen molar-refractivity contribution in [3.8, 4) is 0 Å². The van der Waals surface area contributed by atoms with E-state index in [-0.39, 0.29) is 0 Å². The van der Waals surface area contributed by atoms with E-state index < -0.39 is 0 Å². The van der Waals surface area contributed by atoms with Gasteiger partial charge in [0.05, 0.1) is 0 Å². The molecule has 0 bridgehead atoms. The van der Waals surface area contributed by atoms with Crippen LogP contribution in [-0.2, 0) is 0 Å². The first-order valence-electron chi connectivity index (χ1n) is 4.23. The third-order valence-corrected chi connectivity index (χ3v) is 2.49. The van der Waals surface area contributed by atoms with E-state index in [1.54, 1.807) is 0 Å². The molecule has 1 saturated heterocycles. The Bertz CT molecular complexity index is 60.3. The quantitative estimate of drug-likeness (QED) is 0.579. The molecule has 10 heavy (non-hydrogen) atoms. The van der Waals surface area contributed by atoms with Gasteiger partial charge in [0, 0.05) is 24.6 Å². The highest BCUT2D eigenvalue weighted by atomic mass is 32.2. The van der Waals surface area contributed by atoms with Gasteiger partial charge in [-0.05, 0) is 6.54 Å². The Morgan fingerprint density at radius 2 is 1.70 bits per heavy atom. The van der Waals surface area contributed by atoms with E-state index in [1.807, 2.05) is 13.8 Å². The minimum Gasteiger partial charge on any atom is -0.302 e. The molecule has 0 aliphatic carbocycles. The van der Waals surface area contributed by atoms with Crippen molar-refractivity contribution in [3.63, 3.8) is 0 Å². The second kappa shape index (κ2) is 7.42. The lowest BCUT2D eigenvalue weighted by Gasteiger charge is -2.23. The van der Waals surface area contributed by atoms with Crippen LogP contribution in [0.5, 0.6) is 0 Å². The van der Waals surface area contributed by atoms with E-state index in [4.69, 9.17) is 0 Å². The van der Waals surface area contributed by atoms with Gasteiger partial charge in [-0.2, -0.15) is 11.8 Å². The van der Waals surface area contributed by atoms with Gasteiger partial charge in [0.2, 0.25) is 0 Å². The number of hydrogen-bond donors (Lipinski definition) is 0. The molecule has 2 heteroatoms. The summed E-state index contributed by atoms with van der Waals surface area (Å²) in [5, 5.41) is 0. The topological polar surface area (TPSA) is 3.24 Å². The van der Waals surface area contributed by atoms with Crippen LogP contribution in [0.25, 0.3) is 0 Å². The van der Waals surface area contributed by atoms with Gasteiger partial charge in [-0.25, -0.2) is 0 Å². The lowest BCUT2D eigenvalue weighted by molar-refractivity contribution is 0.320. The van der Waals surface area contributed by atoms with Crippen molar-refractivity contribution >= 4 is 11.8 Å². The van der Waals surface area contributed by atoms with Gasteiger partial charge in [-0.3, -0.25) is 0 Å². The van der Waals surface area contributed by atoms with E-state index in [2.05, 4.69) is 23.6 Å². The first-order valence-corrected chi connectivity index (χ1v) is 5.39. The summed E-state index contributed by atoms with van der Waals surface area (Å²) in [4.78, 5) is 2.50. The monoisotopic (exact) mass is 161 g/mol. The van der Waals surface area contributed by atoms with E-state index in [0.29, 0.717) is 0 Å². The number of thioether (sulfide) groups is 1. The van der Waals surface area contributed by atoms with Crippen molar-refractivity contribution in [1.82, 2.24) is 4.90 Å². The molecule has 1 aliphatic rings. The number of hydrogen-bond acceptors (Lipinski definition) is 2. The van der Waals surface area contributed by atoms with E-state index in [0.717, 1.165) is 0 Å². The van der Waals surface area contributed by atoms with Crippen LogP contribution < -0.4 is 0 Å². The standard InChI is InChI=1S/C6H13NS.C2H6/c1-2-7-3-5-8-6-4-7;1-2/h2-6H2,1H3;1-2H3. The minimum atomic E-state index is 1.24.